The van der Waals surface area contributed by atoms with Gasteiger partial charge in [0.25, 0.3) is 0 Å². The van der Waals surface area contributed by atoms with Gasteiger partial charge in [-0.25, -0.2) is 4.79 Å². The first-order valence-electron chi connectivity index (χ1n) is 7.78. The molecule has 2 N–H and O–H groups in total. The molecular weight excluding hydrogens is 270 g/mol. The van der Waals surface area contributed by atoms with E-state index in [4.69, 9.17) is 0 Å². The Bertz CT molecular complexity index is 354. The Morgan fingerprint density at radius 1 is 1.19 bits per heavy atom. The lowest BCUT2D eigenvalue weighted by Gasteiger charge is -2.45. The summed E-state index contributed by atoms with van der Waals surface area (Å²) in [6.45, 7) is 1.54. The molecule has 1 rings (SSSR count). The second-order valence-electron chi connectivity index (χ2n) is 6.08. The van der Waals surface area contributed by atoms with Gasteiger partial charge in [0.05, 0.1) is 12.0 Å². The van der Waals surface area contributed by atoms with Gasteiger partial charge < -0.3 is 20.2 Å². The number of rotatable bonds is 7. The van der Waals surface area contributed by atoms with Crippen LogP contribution in [0.3, 0.4) is 0 Å². The molecule has 0 spiro atoms. The zero-order chi connectivity index (χ0) is 15.9. The number of hydrogen-bond donors (Lipinski definition) is 2. The molecule has 1 aliphatic carbocycles. The van der Waals surface area contributed by atoms with Crippen molar-refractivity contribution in [1.29, 1.82) is 0 Å². The van der Waals surface area contributed by atoms with Crippen molar-refractivity contribution in [1.82, 2.24) is 15.1 Å². The third kappa shape index (κ3) is 4.88. The van der Waals surface area contributed by atoms with Crippen molar-refractivity contribution in [3.63, 3.8) is 0 Å². The van der Waals surface area contributed by atoms with Crippen LogP contribution in [0.5, 0.6) is 0 Å². The fraction of sp³-hybridized carbons (Fsp3) is 0.867. The van der Waals surface area contributed by atoms with Crippen LogP contribution in [-0.2, 0) is 4.79 Å². The molecule has 2 amide bonds. The highest BCUT2D eigenvalue weighted by Crippen LogP contribution is 2.36. The monoisotopic (exact) mass is 299 g/mol. The number of urea groups is 1. The predicted molar refractivity (Wildman–Crippen MR) is 82.4 cm³/mol. The fourth-order valence-corrected chi connectivity index (χ4v) is 3.17. The zero-order valence-electron chi connectivity index (χ0n) is 13.5. The highest BCUT2D eigenvalue weighted by atomic mass is 16.4. The van der Waals surface area contributed by atoms with Crippen molar-refractivity contribution in [3.05, 3.63) is 0 Å². The van der Waals surface area contributed by atoms with Crippen molar-refractivity contribution in [2.75, 3.05) is 34.2 Å². The minimum atomic E-state index is -0.825. The van der Waals surface area contributed by atoms with Gasteiger partial charge in [0.2, 0.25) is 0 Å². The van der Waals surface area contributed by atoms with E-state index in [1.807, 2.05) is 7.05 Å². The summed E-state index contributed by atoms with van der Waals surface area (Å²) in [5.41, 5.74) is -0.515. The first-order chi connectivity index (χ1) is 9.93. The summed E-state index contributed by atoms with van der Waals surface area (Å²) in [5, 5.41) is 12.3. The van der Waals surface area contributed by atoms with E-state index < -0.39 is 11.5 Å². The van der Waals surface area contributed by atoms with E-state index in [9.17, 15) is 14.7 Å². The fourth-order valence-electron chi connectivity index (χ4n) is 3.17. The van der Waals surface area contributed by atoms with E-state index in [1.165, 1.54) is 0 Å². The normalized spacial score (nSPS) is 17.3. The molecule has 0 radical (unpaired) electrons. The lowest BCUT2D eigenvalue weighted by atomic mass is 9.78. The van der Waals surface area contributed by atoms with Crippen molar-refractivity contribution in [2.24, 2.45) is 0 Å². The third-order valence-corrected chi connectivity index (χ3v) is 4.51. The molecule has 0 heterocycles. The lowest BCUT2D eigenvalue weighted by molar-refractivity contribution is -0.140. The molecule has 0 bridgehead atoms. The van der Waals surface area contributed by atoms with Gasteiger partial charge >= 0.3 is 12.0 Å². The maximum Gasteiger partial charge on any atom is 0.319 e. The first-order valence-corrected chi connectivity index (χ1v) is 7.78. The molecule has 0 aromatic carbocycles. The molecule has 0 aromatic rings. The van der Waals surface area contributed by atoms with E-state index in [2.05, 4.69) is 5.32 Å². The Kier molecular flexibility index (Phi) is 6.95. The number of aliphatic carboxylic acids is 1. The zero-order valence-corrected chi connectivity index (χ0v) is 13.5. The summed E-state index contributed by atoms with van der Waals surface area (Å²) in [7, 11) is 5.43. The van der Waals surface area contributed by atoms with Crippen molar-refractivity contribution in [3.8, 4) is 0 Å². The number of hydrogen-bond acceptors (Lipinski definition) is 3. The van der Waals surface area contributed by atoms with Crippen LogP contribution in [0.15, 0.2) is 0 Å². The van der Waals surface area contributed by atoms with Gasteiger partial charge in [-0.3, -0.25) is 4.79 Å². The minimum absolute atomic E-state index is 0.0413. The highest BCUT2D eigenvalue weighted by molar-refractivity contribution is 5.76. The number of carbonyl (C=O) groups excluding carboxylic acids is 1. The lowest BCUT2D eigenvalue weighted by Crippen LogP contribution is -2.55. The van der Waals surface area contributed by atoms with Crippen LogP contribution < -0.4 is 5.32 Å². The minimum Gasteiger partial charge on any atom is -0.481 e. The van der Waals surface area contributed by atoms with Gasteiger partial charge in [-0.2, -0.15) is 0 Å². The van der Waals surface area contributed by atoms with Gasteiger partial charge in [-0.05, 0) is 32.9 Å². The summed E-state index contributed by atoms with van der Waals surface area (Å²) in [4.78, 5) is 27.2. The van der Waals surface area contributed by atoms with Crippen LogP contribution in [-0.4, -0.2) is 66.7 Å². The number of carboxylic acids is 1. The number of carboxylic acid groups (broad SMARTS) is 1. The largest absolute Gasteiger partial charge is 0.481 e. The van der Waals surface area contributed by atoms with E-state index in [-0.39, 0.29) is 12.5 Å². The summed E-state index contributed by atoms with van der Waals surface area (Å²) in [6, 6.07) is -0.0748. The van der Waals surface area contributed by atoms with Crippen molar-refractivity contribution in [2.45, 2.75) is 50.5 Å². The van der Waals surface area contributed by atoms with Gasteiger partial charge in [0.15, 0.2) is 0 Å². The second kappa shape index (κ2) is 8.22. The topological polar surface area (TPSA) is 72.9 Å². The predicted octanol–water partition coefficient (Wildman–Crippen LogP) is 1.76. The summed E-state index contributed by atoms with van der Waals surface area (Å²) in [6.07, 6.45) is 5.61. The molecule has 1 aliphatic rings. The highest BCUT2D eigenvalue weighted by Gasteiger charge is 2.41. The summed E-state index contributed by atoms with van der Waals surface area (Å²) in [5.74, 6) is -0.825. The molecule has 21 heavy (non-hydrogen) atoms. The van der Waals surface area contributed by atoms with E-state index in [0.29, 0.717) is 6.54 Å². The molecule has 0 atom stereocenters. The molecule has 0 saturated heterocycles. The Morgan fingerprint density at radius 2 is 1.81 bits per heavy atom. The smallest absolute Gasteiger partial charge is 0.319 e. The Hall–Kier alpha value is -1.30. The van der Waals surface area contributed by atoms with Crippen LogP contribution in [0.2, 0.25) is 0 Å². The van der Waals surface area contributed by atoms with Gasteiger partial charge in [-0.1, -0.05) is 19.3 Å². The SMILES string of the molecule is CNCCCN(C)C(=O)N(C)C1(CC(=O)O)CCCCC1. The molecule has 0 aromatic heterocycles. The van der Waals surface area contributed by atoms with Crippen LogP contribution in [0.4, 0.5) is 4.79 Å². The maximum absolute atomic E-state index is 12.6. The third-order valence-electron chi connectivity index (χ3n) is 4.51. The van der Waals surface area contributed by atoms with Crippen LogP contribution in [0, 0.1) is 0 Å². The molecule has 6 heteroatoms. The molecule has 0 unspecified atom stereocenters. The van der Waals surface area contributed by atoms with E-state index in [0.717, 1.165) is 45.1 Å². The molecule has 1 fully saturated rings. The van der Waals surface area contributed by atoms with E-state index in [1.54, 1.807) is 23.9 Å². The van der Waals surface area contributed by atoms with Crippen molar-refractivity contribution < 1.29 is 14.7 Å². The molecular formula is C15H29N3O3. The molecule has 0 aliphatic heterocycles. The van der Waals surface area contributed by atoms with Gasteiger partial charge in [0.1, 0.15) is 0 Å². The number of nitrogens with zero attached hydrogens (tertiary/aromatic N) is 2. The second-order valence-corrected chi connectivity index (χ2v) is 6.08. The maximum atomic E-state index is 12.6. The molecule has 122 valence electrons. The average Bonchev–Trinajstić information content (AvgIpc) is 2.46. The Labute approximate surface area is 127 Å². The quantitative estimate of drug-likeness (QED) is 0.703. The van der Waals surface area contributed by atoms with Crippen LogP contribution >= 0.6 is 0 Å². The van der Waals surface area contributed by atoms with Crippen LogP contribution in [0.1, 0.15) is 44.9 Å². The van der Waals surface area contributed by atoms with Crippen LogP contribution in [0.25, 0.3) is 0 Å². The summed E-state index contributed by atoms with van der Waals surface area (Å²) >= 11 is 0. The Balaban J connectivity index is 2.72. The van der Waals surface area contributed by atoms with E-state index >= 15 is 0 Å². The molecule has 1 saturated carbocycles. The number of amides is 2. The summed E-state index contributed by atoms with van der Waals surface area (Å²) < 4.78 is 0. The van der Waals surface area contributed by atoms with Gasteiger partial charge in [-0.15, -0.1) is 0 Å². The first kappa shape index (κ1) is 17.8. The number of nitrogens with one attached hydrogen (secondary N) is 1. The van der Waals surface area contributed by atoms with Gasteiger partial charge in [0, 0.05) is 20.6 Å². The van der Waals surface area contributed by atoms with Crippen molar-refractivity contribution >= 4 is 12.0 Å². The number of carbonyl (C=O) groups is 2. The molecule has 6 nitrogen and oxygen atoms in total. The average molecular weight is 299 g/mol. The Morgan fingerprint density at radius 3 is 2.33 bits per heavy atom. The standard InChI is InChI=1S/C15H29N3O3/c1-16-10-7-11-17(2)14(21)18(3)15(12-13(19)20)8-5-4-6-9-15/h16H,4-12H2,1-3H3,(H,19,20).